The van der Waals surface area contributed by atoms with Crippen LogP contribution in [0.2, 0.25) is 0 Å². The maximum atomic E-state index is 13.9. The predicted octanol–water partition coefficient (Wildman–Crippen LogP) is 2.61. The molecule has 0 aliphatic heterocycles. The van der Waals surface area contributed by atoms with E-state index in [0.29, 0.717) is 11.2 Å². The van der Waals surface area contributed by atoms with Crippen LogP contribution < -0.4 is 0 Å². The Morgan fingerprint density at radius 3 is 2.85 bits per heavy atom. The first-order chi connectivity index (χ1) is 12.5. The average Bonchev–Trinajstić information content (AvgIpc) is 3.01. The molecule has 0 amide bonds. The fourth-order valence-corrected chi connectivity index (χ4v) is 2.35. The molecule has 0 unspecified atom stereocenters. The molecule has 0 saturated carbocycles. The summed E-state index contributed by atoms with van der Waals surface area (Å²) in [5.74, 6) is -2.84. The molecule has 1 aromatic carbocycles. The molecule has 1 N–H and O–H groups in total. The monoisotopic (exact) mass is 360 g/mol. The predicted molar refractivity (Wildman–Crippen MR) is 88.0 cm³/mol. The quantitative estimate of drug-likeness (QED) is 0.427. The molecule has 3 rings (SSSR count). The summed E-state index contributed by atoms with van der Waals surface area (Å²) in [5.41, 5.74) is 1.15. The molecule has 0 bridgehead atoms. The van der Waals surface area contributed by atoms with E-state index in [4.69, 9.17) is 4.74 Å². The number of carbonyl (C=O) groups excluding carboxylic acids is 1. The Morgan fingerprint density at radius 1 is 1.31 bits per heavy atom. The Balaban J connectivity index is 1.96. The zero-order valence-corrected chi connectivity index (χ0v) is 13.7. The van der Waals surface area contributed by atoms with Gasteiger partial charge in [0.05, 0.1) is 25.2 Å². The highest BCUT2D eigenvalue weighted by molar-refractivity contribution is 5.93. The molecule has 0 spiro atoms. The molecular weight excluding hydrogens is 346 g/mol. The van der Waals surface area contributed by atoms with Crippen molar-refractivity contribution in [3.05, 3.63) is 59.5 Å². The van der Waals surface area contributed by atoms with Gasteiger partial charge in [-0.3, -0.25) is 0 Å². The number of hydrogen-bond acceptors (Lipinski definition) is 6. The minimum Gasteiger partial charge on any atom is -0.502 e. The summed E-state index contributed by atoms with van der Waals surface area (Å²) in [6.07, 6.45) is 3.77. The number of fused-ring (bicyclic) bond motifs is 1. The van der Waals surface area contributed by atoms with E-state index >= 15 is 0 Å². The first-order valence-corrected chi connectivity index (χ1v) is 7.67. The number of nitrogens with zero attached hydrogens (tertiary/aromatic N) is 4. The first-order valence-electron chi connectivity index (χ1n) is 7.67. The van der Waals surface area contributed by atoms with Crippen molar-refractivity contribution in [1.82, 2.24) is 19.5 Å². The molecule has 0 aliphatic rings. The van der Waals surface area contributed by atoms with Gasteiger partial charge in [-0.15, -0.1) is 0 Å². The van der Waals surface area contributed by atoms with Gasteiger partial charge in [0.2, 0.25) is 5.76 Å². The number of rotatable bonds is 5. The highest BCUT2D eigenvalue weighted by Gasteiger charge is 2.14. The fourth-order valence-electron chi connectivity index (χ4n) is 2.35. The van der Waals surface area contributed by atoms with Crippen molar-refractivity contribution < 1.29 is 23.4 Å². The van der Waals surface area contributed by atoms with E-state index < -0.39 is 23.4 Å². The Kier molecular flexibility index (Phi) is 4.87. The van der Waals surface area contributed by atoms with Crippen LogP contribution in [0.3, 0.4) is 0 Å². The van der Waals surface area contributed by atoms with Crippen LogP contribution in [0.5, 0.6) is 0 Å². The van der Waals surface area contributed by atoms with Gasteiger partial charge in [-0.2, -0.15) is 0 Å². The lowest BCUT2D eigenvalue weighted by Gasteiger charge is -2.05. The second-order valence-corrected chi connectivity index (χ2v) is 5.29. The zero-order chi connectivity index (χ0) is 18.7. The van der Waals surface area contributed by atoms with Crippen molar-refractivity contribution in [1.29, 1.82) is 0 Å². The molecule has 9 heteroatoms. The number of imidazole rings is 1. The Bertz CT molecular complexity index is 1000. The largest absolute Gasteiger partial charge is 0.502 e. The maximum Gasteiger partial charge on any atom is 0.373 e. The number of carbonyl (C=O) groups is 1. The molecular formula is C17H14F2N4O3. The highest BCUT2D eigenvalue weighted by Crippen LogP contribution is 2.18. The number of aliphatic hydroxyl groups is 1. The molecule has 2 aromatic heterocycles. The van der Waals surface area contributed by atoms with Crippen molar-refractivity contribution in [2.45, 2.75) is 13.5 Å². The van der Waals surface area contributed by atoms with E-state index in [1.54, 1.807) is 11.5 Å². The summed E-state index contributed by atoms with van der Waals surface area (Å²) in [6.45, 7) is 1.81. The molecule has 2 heterocycles. The van der Waals surface area contributed by atoms with Gasteiger partial charge in [-0.25, -0.2) is 28.5 Å². The third-order valence-electron chi connectivity index (χ3n) is 3.54. The van der Waals surface area contributed by atoms with Gasteiger partial charge in [0, 0.05) is 17.7 Å². The van der Waals surface area contributed by atoms with E-state index in [1.807, 2.05) is 0 Å². The van der Waals surface area contributed by atoms with Gasteiger partial charge in [0.25, 0.3) is 0 Å². The van der Waals surface area contributed by atoms with Crippen LogP contribution in [-0.2, 0) is 16.1 Å². The van der Waals surface area contributed by atoms with Crippen LogP contribution in [0, 0.1) is 11.6 Å². The average molecular weight is 360 g/mol. The molecule has 0 aliphatic carbocycles. The summed E-state index contributed by atoms with van der Waals surface area (Å²) < 4.78 is 33.1. The Morgan fingerprint density at radius 2 is 2.12 bits per heavy atom. The number of ether oxygens (including phenoxy) is 1. The summed E-state index contributed by atoms with van der Waals surface area (Å²) in [5, 5.41) is 9.77. The van der Waals surface area contributed by atoms with Crippen LogP contribution in [0.15, 0.2) is 36.6 Å². The van der Waals surface area contributed by atoms with Gasteiger partial charge >= 0.3 is 5.97 Å². The second kappa shape index (κ2) is 7.26. The fraction of sp³-hybridized carbons (Fsp3) is 0.176. The smallest absolute Gasteiger partial charge is 0.373 e. The highest BCUT2D eigenvalue weighted by atomic mass is 19.1. The standard InChI is InChI=1S/C17H14F2N4O3/c1-2-26-17(25)14(24)6-13-15-16(21-8-20-13)23(9-22-15)7-10-3-4-11(18)5-12(10)19/h3-6,8-9,24H,2,7H2,1H3/b14-6-. The number of aromatic nitrogens is 4. The Hall–Kier alpha value is -3.36. The number of benzene rings is 1. The van der Waals surface area contributed by atoms with E-state index in [9.17, 15) is 18.7 Å². The molecule has 7 nitrogen and oxygen atoms in total. The Labute approximate surface area is 146 Å². The molecule has 0 radical (unpaired) electrons. The first kappa shape index (κ1) is 17.5. The molecule has 0 atom stereocenters. The third-order valence-corrected chi connectivity index (χ3v) is 3.54. The molecule has 0 saturated heterocycles. The van der Waals surface area contributed by atoms with E-state index in [-0.39, 0.29) is 24.4 Å². The second-order valence-electron chi connectivity index (χ2n) is 5.29. The molecule has 26 heavy (non-hydrogen) atoms. The SMILES string of the molecule is CCOC(=O)/C(O)=C/c1ncnc2c1ncn2Cc1ccc(F)cc1F. The lowest BCUT2D eigenvalue weighted by Crippen LogP contribution is -2.07. The zero-order valence-electron chi connectivity index (χ0n) is 13.7. The lowest BCUT2D eigenvalue weighted by atomic mass is 10.2. The van der Waals surface area contributed by atoms with Crippen molar-refractivity contribution in [2.75, 3.05) is 6.61 Å². The van der Waals surface area contributed by atoms with Crippen LogP contribution in [0.1, 0.15) is 18.2 Å². The van der Waals surface area contributed by atoms with Crippen molar-refractivity contribution in [3.8, 4) is 0 Å². The number of halogens is 2. The van der Waals surface area contributed by atoms with Crippen LogP contribution in [0.4, 0.5) is 8.78 Å². The summed E-state index contributed by atoms with van der Waals surface area (Å²) in [4.78, 5) is 23.8. The molecule has 134 valence electrons. The summed E-state index contributed by atoms with van der Waals surface area (Å²) >= 11 is 0. The van der Waals surface area contributed by atoms with Crippen LogP contribution >= 0.6 is 0 Å². The van der Waals surface area contributed by atoms with E-state index in [1.165, 1.54) is 18.7 Å². The topological polar surface area (TPSA) is 90.1 Å². The number of aliphatic hydroxyl groups excluding tert-OH is 1. The minimum absolute atomic E-state index is 0.0760. The molecule has 3 aromatic rings. The molecule has 0 fully saturated rings. The van der Waals surface area contributed by atoms with Gasteiger partial charge in [-0.05, 0) is 13.0 Å². The van der Waals surface area contributed by atoms with Gasteiger partial charge < -0.3 is 14.4 Å². The van der Waals surface area contributed by atoms with Crippen LogP contribution in [-0.4, -0.2) is 37.2 Å². The van der Waals surface area contributed by atoms with E-state index in [2.05, 4.69) is 15.0 Å². The lowest BCUT2D eigenvalue weighted by molar-refractivity contribution is -0.141. The number of hydrogen-bond donors (Lipinski definition) is 1. The van der Waals surface area contributed by atoms with Gasteiger partial charge in [0.1, 0.15) is 23.5 Å². The van der Waals surface area contributed by atoms with Crippen molar-refractivity contribution >= 4 is 23.2 Å². The van der Waals surface area contributed by atoms with Gasteiger partial charge in [-0.1, -0.05) is 6.07 Å². The van der Waals surface area contributed by atoms with E-state index in [0.717, 1.165) is 18.2 Å². The van der Waals surface area contributed by atoms with Crippen molar-refractivity contribution in [3.63, 3.8) is 0 Å². The van der Waals surface area contributed by atoms with Crippen molar-refractivity contribution in [2.24, 2.45) is 0 Å². The van der Waals surface area contributed by atoms with Gasteiger partial charge in [0.15, 0.2) is 5.65 Å². The van der Waals surface area contributed by atoms with Crippen LogP contribution in [0.25, 0.3) is 17.2 Å². The third kappa shape index (κ3) is 3.51. The minimum atomic E-state index is -0.882. The number of esters is 1. The normalized spacial score (nSPS) is 11.7. The summed E-state index contributed by atoms with van der Waals surface area (Å²) in [6, 6.07) is 3.30. The maximum absolute atomic E-state index is 13.9. The summed E-state index contributed by atoms with van der Waals surface area (Å²) in [7, 11) is 0.